The molecule has 0 spiro atoms. The molecule has 3 aromatic carbocycles. The van der Waals surface area contributed by atoms with Gasteiger partial charge in [0.15, 0.2) is 0 Å². The van der Waals surface area contributed by atoms with E-state index in [2.05, 4.69) is 4.98 Å². The molecule has 0 saturated carbocycles. The summed E-state index contributed by atoms with van der Waals surface area (Å²) < 4.78 is 5.81. The average Bonchev–Trinajstić information content (AvgIpc) is 3.06. The Morgan fingerprint density at radius 1 is 0.781 bits per heavy atom. The van der Waals surface area contributed by atoms with E-state index in [0.717, 1.165) is 11.1 Å². The van der Waals surface area contributed by atoms with Crippen molar-refractivity contribution in [2.75, 3.05) is 4.90 Å². The summed E-state index contributed by atoms with van der Waals surface area (Å²) in [4.78, 5) is 31.6. The van der Waals surface area contributed by atoms with E-state index in [1.807, 2.05) is 60.7 Å². The van der Waals surface area contributed by atoms with Gasteiger partial charge >= 0.3 is 0 Å². The summed E-state index contributed by atoms with van der Waals surface area (Å²) in [5.41, 5.74) is 2.39. The van der Waals surface area contributed by atoms with E-state index < -0.39 is 0 Å². The molecule has 4 aromatic rings. The lowest BCUT2D eigenvalue weighted by Crippen LogP contribution is -2.33. The minimum absolute atomic E-state index is 0.230. The van der Waals surface area contributed by atoms with Crippen LogP contribution in [0.5, 0.6) is 5.75 Å². The summed E-state index contributed by atoms with van der Waals surface area (Å²) in [6, 6.07) is 29.3. The maximum atomic E-state index is 13.4. The summed E-state index contributed by atoms with van der Waals surface area (Å²) >= 11 is 0. The summed E-state index contributed by atoms with van der Waals surface area (Å²) in [5.74, 6) is 0.380. The summed E-state index contributed by atoms with van der Waals surface area (Å²) in [7, 11) is 0. The number of carbonyl (C=O) groups is 1. The Hall–Kier alpha value is -4.25. The number of aromatic nitrogens is 1. The highest BCUT2D eigenvalue weighted by atomic mass is 16.5. The van der Waals surface area contributed by atoms with Crippen molar-refractivity contribution in [2.24, 2.45) is 0 Å². The van der Waals surface area contributed by atoms with Gasteiger partial charge in [-0.25, -0.2) is 0 Å². The number of amides is 1. The van der Waals surface area contributed by atoms with Crippen molar-refractivity contribution < 1.29 is 9.53 Å². The Balaban J connectivity index is 1.57. The molecule has 0 N–H and O–H groups in total. The molecule has 0 aliphatic heterocycles. The highest BCUT2D eigenvalue weighted by molar-refractivity contribution is 6.05. The van der Waals surface area contributed by atoms with Gasteiger partial charge in [0, 0.05) is 11.8 Å². The SMILES string of the molecule is O=C(c1ccc(OCc2ccccc2)cc1)N(Cc1ccccc1)c1cncccc1=O. The van der Waals surface area contributed by atoms with Gasteiger partial charge in [0.1, 0.15) is 18.0 Å². The van der Waals surface area contributed by atoms with Gasteiger partial charge < -0.3 is 4.74 Å². The Kier molecular flexibility index (Phi) is 6.68. The van der Waals surface area contributed by atoms with Crippen molar-refractivity contribution in [2.45, 2.75) is 13.2 Å². The minimum Gasteiger partial charge on any atom is -0.489 e. The van der Waals surface area contributed by atoms with E-state index in [0.29, 0.717) is 17.9 Å². The minimum atomic E-state index is -0.284. The molecular weight excluding hydrogens is 400 g/mol. The van der Waals surface area contributed by atoms with Crippen molar-refractivity contribution in [3.05, 3.63) is 136 Å². The molecular formula is C27H22N2O3. The van der Waals surface area contributed by atoms with Crippen LogP contribution in [0.2, 0.25) is 0 Å². The average molecular weight is 422 g/mol. The number of ether oxygens (including phenoxy) is 1. The molecule has 5 nitrogen and oxygen atoms in total. The van der Waals surface area contributed by atoms with Crippen LogP contribution in [0, 0.1) is 0 Å². The van der Waals surface area contributed by atoms with Crippen LogP contribution in [0.3, 0.4) is 0 Å². The van der Waals surface area contributed by atoms with E-state index in [-0.39, 0.29) is 23.6 Å². The quantitative estimate of drug-likeness (QED) is 0.426. The molecule has 0 fully saturated rings. The molecule has 1 aromatic heterocycles. The second-order valence-corrected chi connectivity index (χ2v) is 7.21. The van der Waals surface area contributed by atoms with Crippen LogP contribution in [0.1, 0.15) is 21.5 Å². The first-order chi connectivity index (χ1) is 15.7. The monoisotopic (exact) mass is 422 g/mol. The standard InChI is InChI=1S/C27H22N2O3/c30-26-12-7-17-28-18-25(26)29(19-21-8-3-1-4-9-21)27(31)23-13-15-24(16-14-23)32-20-22-10-5-2-6-11-22/h1-18H,19-20H2. The smallest absolute Gasteiger partial charge is 0.258 e. The van der Waals surface area contributed by atoms with Crippen molar-refractivity contribution in [1.29, 1.82) is 0 Å². The normalized spacial score (nSPS) is 10.4. The molecule has 0 aliphatic rings. The molecule has 0 radical (unpaired) electrons. The zero-order valence-electron chi connectivity index (χ0n) is 17.4. The van der Waals surface area contributed by atoms with Gasteiger partial charge in [-0.05, 0) is 47.5 Å². The molecule has 0 bridgehead atoms. The Labute approximate surface area is 186 Å². The number of benzene rings is 3. The highest BCUT2D eigenvalue weighted by Gasteiger charge is 2.20. The third-order valence-corrected chi connectivity index (χ3v) is 4.94. The van der Waals surface area contributed by atoms with Crippen LogP contribution < -0.4 is 15.1 Å². The zero-order chi connectivity index (χ0) is 22.2. The maximum Gasteiger partial charge on any atom is 0.258 e. The van der Waals surface area contributed by atoms with Crippen LogP contribution in [0.25, 0.3) is 0 Å². The lowest BCUT2D eigenvalue weighted by Gasteiger charge is -2.22. The van der Waals surface area contributed by atoms with Crippen molar-refractivity contribution in [1.82, 2.24) is 4.98 Å². The lowest BCUT2D eigenvalue weighted by molar-refractivity contribution is 0.0985. The van der Waals surface area contributed by atoms with Gasteiger partial charge in [0.05, 0.1) is 12.7 Å². The van der Waals surface area contributed by atoms with Gasteiger partial charge in [-0.3, -0.25) is 19.5 Å². The number of nitrogens with zero attached hydrogens (tertiary/aromatic N) is 2. The largest absolute Gasteiger partial charge is 0.489 e. The van der Waals surface area contributed by atoms with Crippen molar-refractivity contribution in [3.63, 3.8) is 0 Å². The van der Waals surface area contributed by atoms with Crippen LogP contribution in [-0.4, -0.2) is 10.9 Å². The predicted octanol–water partition coefficient (Wildman–Crippen LogP) is 4.87. The molecule has 0 saturated heterocycles. The fourth-order valence-corrected chi connectivity index (χ4v) is 3.27. The predicted molar refractivity (Wildman–Crippen MR) is 125 cm³/mol. The van der Waals surface area contributed by atoms with Crippen LogP contribution in [0.4, 0.5) is 5.69 Å². The molecule has 4 rings (SSSR count). The fraction of sp³-hybridized carbons (Fsp3) is 0.0741. The van der Waals surface area contributed by atoms with E-state index >= 15 is 0 Å². The topological polar surface area (TPSA) is 59.5 Å². The zero-order valence-corrected chi connectivity index (χ0v) is 17.4. The van der Waals surface area contributed by atoms with Gasteiger partial charge in [-0.15, -0.1) is 0 Å². The first-order valence-electron chi connectivity index (χ1n) is 10.3. The summed E-state index contributed by atoms with van der Waals surface area (Å²) in [6.07, 6.45) is 2.95. The molecule has 1 amide bonds. The first-order valence-corrected chi connectivity index (χ1v) is 10.3. The molecule has 5 heteroatoms. The van der Waals surface area contributed by atoms with Crippen LogP contribution >= 0.6 is 0 Å². The lowest BCUT2D eigenvalue weighted by atomic mass is 10.1. The van der Waals surface area contributed by atoms with Gasteiger partial charge in [0.2, 0.25) is 5.43 Å². The van der Waals surface area contributed by atoms with Crippen molar-refractivity contribution in [3.8, 4) is 5.75 Å². The molecule has 32 heavy (non-hydrogen) atoms. The molecule has 0 atom stereocenters. The van der Waals surface area contributed by atoms with E-state index in [1.54, 1.807) is 30.3 Å². The maximum absolute atomic E-state index is 13.4. The second-order valence-electron chi connectivity index (χ2n) is 7.21. The van der Waals surface area contributed by atoms with Crippen LogP contribution in [-0.2, 0) is 13.2 Å². The molecule has 0 unspecified atom stereocenters. The number of carbonyl (C=O) groups excluding carboxylic acids is 1. The number of anilines is 1. The van der Waals surface area contributed by atoms with E-state index in [9.17, 15) is 9.59 Å². The third kappa shape index (κ3) is 5.26. The Morgan fingerprint density at radius 2 is 1.44 bits per heavy atom. The first kappa shape index (κ1) is 21.0. The third-order valence-electron chi connectivity index (χ3n) is 4.94. The van der Waals surface area contributed by atoms with E-state index in [4.69, 9.17) is 4.74 Å². The summed E-state index contributed by atoms with van der Waals surface area (Å²) in [5, 5.41) is 0. The second kappa shape index (κ2) is 10.2. The Bertz CT molecular complexity index is 1230. The Morgan fingerprint density at radius 3 is 2.12 bits per heavy atom. The number of hydrogen-bond acceptors (Lipinski definition) is 4. The highest BCUT2D eigenvalue weighted by Crippen LogP contribution is 2.19. The summed E-state index contributed by atoms with van der Waals surface area (Å²) in [6.45, 7) is 0.701. The van der Waals surface area contributed by atoms with Gasteiger partial charge in [-0.2, -0.15) is 0 Å². The molecule has 0 aliphatic carbocycles. The van der Waals surface area contributed by atoms with E-state index in [1.165, 1.54) is 23.4 Å². The van der Waals surface area contributed by atoms with Crippen molar-refractivity contribution >= 4 is 11.6 Å². The van der Waals surface area contributed by atoms with Crippen LogP contribution in [0.15, 0.2) is 114 Å². The fourth-order valence-electron chi connectivity index (χ4n) is 3.27. The number of rotatable bonds is 7. The van der Waals surface area contributed by atoms with Gasteiger partial charge in [-0.1, -0.05) is 60.7 Å². The van der Waals surface area contributed by atoms with Gasteiger partial charge in [0.25, 0.3) is 5.91 Å². The number of hydrogen-bond donors (Lipinski definition) is 0. The molecule has 1 heterocycles. The molecule has 158 valence electrons.